The van der Waals surface area contributed by atoms with Gasteiger partial charge in [0.15, 0.2) is 12.7 Å². The van der Waals surface area contributed by atoms with Crippen LogP contribution in [0.5, 0.6) is 0 Å². The topological polar surface area (TPSA) is 3.88 Å². The lowest BCUT2D eigenvalue weighted by atomic mass is 9.98. The van der Waals surface area contributed by atoms with Crippen LogP contribution in [0.2, 0.25) is 0 Å². The van der Waals surface area contributed by atoms with Gasteiger partial charge in [0.25, 0.3) is 0 Å². The van der Waals surface area contributed by atoms with Crippen molar-refractivity contribution in [3.63, 3.8) is 0 Å². The molecule has 0 spiro atoms. The minimum Gasteiger partial charge on any atom is -0.194 e. The molecule has 0 bridgehead atoms. The average Bonchev–Trinajstić information content (AvgIpc) is 2.83. The summed E-state index contributed by atoms with van der Waals surface area (Å²) in [6, 6.07) is 20.0. The van der Waals surface area contributed by atoms with Crippen molar-refractivity contribution < 1.29 is 4.57 Å². The van der Waals surface area contributed by atoms with E-state index >= 15 is 0 Å². The molecule has 21 heavy (non-hydrogen) atoms. The number of pyridine rings is 1. The largest absolute Gasteiger partial charge is 0.213 e. The van der Waals surface area contributed by atoms with Gasteiger partial charge in [0.2, 0.25) is 5.69 Å². The van der Waals surface area contributed by atoms with Crippen molar-refractivity contribution in [3.8, 4) is 22.4 Å². The highest BCUT2D eigenvalue weighted by Crippen LogP contribution is 2.31. The Morgan fingerprint density at radius 1 is 0.810 bits per heavy atom. The molecule has 102 valence electrons. The molecule has 2 heterocycles. The molecule has 0 radical (unpaired) electrons. The number of nitrogens with zero attached hydrogens (tertiary/aromatic N) is 1. The lowest BCUT2D eigenvalue weighted by Gasteiger charge is -2.04. The number of aryl methyl sites for hydroxylation is 2. The molecule has 0 aliphatic carbocycles. The van der Waals surface area contributed by atoms with Crippen LogP contribution in [0.4, 0.5) is 0 Å². The molecule has 1 heteroatoms. The monoisotopic (exact) mass is 272 g/mol. The summed E-state index contributed by atoms with van der Waals surface area (Å²) in [4.78, 5) is 0. The molecule has 0 atom stereocenters. The van der Waals surface area contributed by atoms with Gasteiger partial charge in [0.1, 0.15) is 0 Å². The first-order valence-corrected chi connectivity index (χ1v) is 7.41. The van der Waals surface area contributed by atoms with Crippen LogP contribution in [0.3, 0.4) is 0 Å². The van der Waals surface area contributed by atoms with Crippen LogP contribution >= 0.6 is 0 Å². The lowest BCUT2D eigenvalue weighted by Crippen LogP contribution is -2.32. The Morgan fingerprint density at radius 3 is 2.52 bits per heavy atom. The fourth-order valence-corrected chi connectivity index (χ4v) is 3.18. The average molecular weight is 272 g/mol. The summed E-state index contributed by atoms with van der Waals surface area (Å²) >= 11 is 0. The molecule has 0 fully saturated rings. The summed E-state index contributed by atoms with van der Waals surface area (Å²) in [6.07, 6.45) is 2.24. The van der Waals surface area contributed by atoms with Gasteiger partial charge in [-0.1, -0.05) is 42.0 Å². The maximum atomic E-state index is 2.35. The van der Waals surface area contributed by atoms with Crippen molar-refractivity contribution in [1.82, 2.24) is 0 Å². The van der Waals surface area contributed by atoms with E-state index in [1.165, 1.54) is 39.1 Å². The molecule has 0 saturated heterocycles. The molecule has 1 aliphatic rings. The summed E-state index contributed by atoms with van der Waals surface area (Å²) in [7, 11) is 0. The van der Waals surface area contributed by atoms with Gasteiger partial charge in [-0.05, 0) is 37.1 Å². The second-order valence-corrected chi connectivity index (χ2v) is 5.96. The van der Waals surface area contributed by atoms with E-state index in [4.69, 9.17) is 0 Å². The predicted molar refractivity (Wildman–Crippen MR) is 86.1 cm³/mol. The standard InChI is InChI=1S/C20H18N/c1-14-4-3-5-16(10-14)17-7-8-18-13-21-12-15(2)6-9-20(21)19(18)11-17/h3-12H,13H2,1-2H3/q+1. The number of aromatic nitrogens is 1. The number of benzene rings is 2. The van der Waals surface area contributed by atoms with Crippen molar-refractivity contribution in [2.24, 2.45) is 0 Å². The summed E-state index contributed by atoms with van der Waals surface area (Å²) in [5.41, 5.74) is 9.31. The smallest absolute Gasteiger partial charge is 0.194 e. The van der Waals surface area contributed by atoms with Crippen molar-refractivity contribution >= 4 is 0 Å². The summed E-state index contributed by atoms with van der Waals surface area (Å²) in [5, 5.41) is 0. The van der Waals surface area contributed by atoms with Gasteiger partial charge in [-0.15, -0.1) is 0 Å². The van der Waals surface area contributed by atoms with Crippen LogP contribution in [0.15, 0.2) is 60.8 Å². The van der Waals surface area contributed by atoms with Gasteiger partial charge >= 0.3 is 0 Å². The van der Waals surface area contributed by atoms with Gasteiger partial charge in [0.05, 0.1) is 5.56 Å². The van der Waals surface area contributed by atoms with Crippen molar-refractivity contribution in [2.45, 2.75) is 20.4 Å². The highest BCUT2D eigenvalue weighted by Gasteiger charge is 2.25. The second kappa shape index (κ2) is 4.56. The van der Waals surface area contributed by atoms with Gasteiger partial charge < -0.3 is 0 Å². The van der Waals surface area contributed by atoms with Gasteiger partial charge in [-0.2, -0.15) is 4.57 Å². The summed E-state index contributed by atoms with van der Waals surface area (Å²) < 4.78 is 2.35. The van der Waals surface area contributed by atoms with Crippen LogP contribution in [-0.4, -0.2) is 0 Å². The SMILES string of the molecule is Cc1cccc(-c2ccc3c(c2)-c2ccc(C)c[n+]2C3)c1. The Morgan fingerprint density at radius 2 is 1.67 bits per heavy atom. The highest BCUT2D eigenvalue weighted by atomic mass is 15.0. The first kappa shape index (κ1) is 12.3. The van der Waals surface area contributed by atoms with E-state index in [0.29, 0.717) is 0 Å². The summed E-state index contributed by atoms with van der Waals surface area (Å²) in [5.74, 6) is 0. The van der Waals surface area contributed by atoms with E-state index in [9.17, 15) is 0 Å². The van der Waals surface area contributed by atoms with Crippen LogP contribution in [0.1, 0.15) is 16.7 Å². The second-order valence-electron chi connectivity index (χ2n) is 5.96. The minimum absolute atomic E-state index is 0.987. The number of hydrogen-bond acceptors (Lipinski definition) is 0. The molecule has 0 unspecified atom stereocenters. The van der Waals surface area contributed by atoms with Crippen molar-refractivity contribution in [2.75, 3.05) is 0 Å². The zero-order chi connectivity index (χ0) is 14.4. The van der Waals surface area contributed by atoms with E-state index < -0.39 is 0 Å². The van der Waals surface area contributed by atoms with Gasteiger partial charge in [-0.3, -0.25) is 0 Å². The Kier molecular flexibility index (Phi) is 2.68. The van der Waals surface area contributed by atoms with Crippen LogP contribution in [0.25, 0.3) is 22.4 Å². The molecule has 1 aliphatic heterocycles. The van der Waals surface area contributed by atoms with E-state index in [0.717, 1.165) is 6.54 Å². The fraction of sp³-hybridized carbons (Fsp3) is 0.150. The van der Waals surface area contributed by atoms with E-state index in [2.05, 4.69) is 79.2 Å². The van der Waals surface area contributed by atoms with E-state index in [-0.39, 0.29) is 0 Å². The zero-order valence-corrected chi connectivity index (χ0v) is 12.4. The molecule has 4 rings (SSSR count). The van der Waals surface area contributed by atoms with Crippen molar-refractivity contribution in [1.29, 1.82) is 0 Å². The minimum atomic E-state index is 0.987. The molecule has 1 nitrogen and oxygen atoms in total. The van der Waals surface area contributed by atoms with Crippen LogP contribution in [0, 0.1) is 13.8 Å². The Balaban J connectivity index is 1.86. The molecule has 0 saturated carbocycles. The quantitative estimate of drug-likeness (QED) is 0.455. The summed E-state index contributed by atoms with van der Waals surface area (Å²) in [6.45, 7) is 5.28. The maximum absolute atomic E-state index is 2.35. The molecule has 0 amide bonds. The lowest BCUT2D eigenvalue weighted by molar-refractivity contribution is -0.672. The molecule has 3 aromatic rings. The molecule has 1 aromatic heterocycles. The number of hydrogen-bond donors (Lipinski definition) is 0. The van der Waals surface area contributed by atoms with Crippen LogP contribution in [-0.2, 0) is 6.54 Å². The van der Waals surface area contributed by atoms with E-state index in [1.54, 1.807) is 0 Å². The predicted octanol–water partition coefficient (Wildman–Crippen LogP) is 4.29. The Hall–Kier alpha value is -2.41. The van der Waals surface area contributed by atoms with E-state index in [1.807, 2.05) is 0 Å². The van der Waals surface area contributed by atoms with Crippen LogP contribution < -0.4 is 4.57 Å². The maximum Gasteiger partial charge on any atom is 0.213 e. The Labute approximate surface area is 125 Å². The van der Waals surface area contributed by atoms with Gasteiger partial charge in [0, 0.05) is 17.2 Å². The first-order valence-electron chi connectivity index (χ1n) is 7.41. The third-order valence-electron chi connectivity index (χ3n) is 4.25. The Bertz CT molecular complexity index is 846. The third kappa shape index (κ3) is 2.06. The van der Waals surface area contributed by atoms with Gasteiger partial charge in [-0.25, -0.2) is 0 Å². The molecule has 0 N–H and O–H groups in total. The normalized spacial score (nSPS) is 12.1. The fourth-order valence-electron chi connectivity index (χ4n) is 3.18. The first-order chi connectivity index (χ1) is 10.2. The highest BCUT2D eigenvalue weighted by molar-refractivity contribution is 5.74. The van der Waals surface area contributed by atoms with Crippen molar-refractivity contribution in [3.05, 3.63) is 77.5 Å². The third-order valence-corrected chi connectivity index (χ3v) is 4.25. The number of rotatable bonds is 1. The molecular formula is C20H18N+. The number of fused-ring (bicyclic) bond motifs is 3. The molecular weight excluding hydrogens is 254 g/mol. The zero-order valence-electron chi connectivity index (χ0n) is 12.4. The molecule has 2 aromatic carbocycles.